The van der Waals surface area contributed by atoms with Gasteiger partial charge in [0, 0.05) is 30.9 Å². The molecule has 3 heterocycles. The van der Waals surface area contributed by atoms with Crippen LogP contribution in [-0.4, -0.2) is 48.1 Å². The summed E-state index contributed by atoms with van der Waals surface area (Å²) in [6.07, 6.45) is 0.856. The predicted molar refractivity (Wildman–Crippen MR) is 70.7 cm³/mol. The zero-order valence-corrected chi connectivity index (χ0v) is 11.2. The lowest BCUT2D eigenvalue weighted by Gasteiger charge is -2.31. The van der Waals surface area contributed by atoms with Crippen molar-refractivity contribution in [3.05, 3.63) is 29.1 Å². The quantitative estimate of drug-likeness (QED) is 0.848. The molecule has 0 unspecified atom stereocenters. The summed E-state index contributed by atoms with van der Waals surface area (Å²) in [5.74, 6) is 0.165. The number of hydrogen-bond donors (Lipinski definition) is 1. The van der Waals surface area contributed by atoms with Crippen LogP contribution < -0.4 is 5.32 Å². The van der Waals surface area contributed by atoms with Crippen LogP contribution in [0.2, 0.25) is 0 Å². The standard InChI is InChI=1S/C14H19N3O2/c1-10-2-3-11-7-17(5-4-13(11)16-10)14(18)6-15-12-8-19-9-12/h2-3,12,15H,4-9H2,1H3. The first-order chi connectivity index (χ1) is 9.22. The van der Waals surface area contributed by atoms with Gasteiger partial charge in [0.25, 0.3) is 0 Å². The molecule has 3 rings (SSSR count). The van der Waals surface area contributed by atoms with Gasteiger partial charge in [0.15, 0.2) is 0 Å². The third-order valence-electron chi connectivity index (χ3n) is 3.72. The fourth-order valence-corrected chi connectivity index (χ4v) is 2.44. The predicted octanol–water partition coefficient (Wildman–Crippen LogP) is 0.263. The van der Waals surface area contributed by atoms with E-state index in [-0.39, 0.29) is 5.91 Å². The van der Waals surface area contributed by atoms with Crippen molar-refractivity contribution in [2.45, 2.75) is 25.9 Å². The minimum atomic E-state index is 0.165. The van der Waals surface area contributed by atoms with Crippen LogP contribution in [0.5, 0.6) is 0 Å². The molecule has 0 aliphatic carbocycles. The molecule has 0 aromatic carbocycles. The maximum atomic E-state index is 12.1. The van der Waals surface area contributed by atoms with Gasteiger partial charge in [-0.15, -0.1) is 0 Å². The van der Waals surface area contributed by atoms with Gasteiger partial charge in [0.1, 0.15) is 0 Å². The number of carbonyl (C=O) groups excluding carboxylic acids is 1. The molecule has 5 heteroatoms. The number of aryl methyl sites for hydroxylation is 1. The van der Waals surface area contributed by atoms with E-state index in [0.717, 1.165) is 37.6 Å². The van der Waals surface area contributed by atoms with Crippen molar-refractivity contribution in [3.8, 4) is 0 Å². The van der Waals surface area contributed by atoms with Crippen molar-refractivity contribution in [2.75, 3.05) is 26.3 Å². The van der Waals surface area contributed by atoms with E-state index < -0.39 is 0 Å². The van der Waals surface area contributed by atoms with Crippen molar-refractivity contribution in [1.29, 1.82) is 0 Å². The molecule has 2 aliphatic rings. The number of ether oxygens (including phenoxy) is 1. The number of aromatic nitrogens is 1. The monoisotopic (exact) mass is 261 g/mol. The average molecular weight is 261 g/mol. The van der Waals surface area contributed by atoms with Gasteiger partial charge in [-0.1, -0.05) is 6.07 Å². The summed E-state index contributed by atoms with van der Waals surface area (Å²) >= 11 is 0. The Morgan fingerprint density at radius 1 is 1.53 bits per heavy atom. The van der Waals surface area contributed by atoms with Crippen LogP contribution in [-0.2, 0) is 22.5 Å². The van der Waals surface area contributed by atoms with E-state index in [9.17, 15) is 4.79 Å². The Balaban J connectivity index is 1.58. The summed E-state index contributed by atoms with van der Waals surface area (Å²) in [6, 6.07) is 4.45. The van der Waals surface area contributed by atoms with Crippen molar-refractivity contribution in [1.82, 2.24) is 15.2 Å². The highest BCUT2D eigenvalue weighted by Crippen LogP contribution is 2.17. The van der Waals surface area contributed by atoms with Gasteiger partial charge in [-0.05, 0) is 18.6 Å². The normalized spacial score (nSPS) is 18.9. The molecule has 0 radical (unpaired) electrons. The van der Waals surface area contributed by atoms with Crippen LogP contribution in [0.1, 0.15) is 17.0 Å². The number of carbonyl (C=O) groups is 1. The minimum Gasteiger partial charge on any atom is -0.378 e. The van der Waals surface area contributed by atoms with E-state index in [0.29, 0.717) is 19.1 Å². The average Bonchev–Trinajstić information content (AvgIpc) is 2.36. The number of nitrogens with one attached hydrogen (secondary N) is 1. The van der Waals surface area contributed by atoms with E-state index >= 15 is 0 Å². The second-order valence-corrected chi connectivity index (χ2v) is 5.24. The second kappa shape index (κ2) is 5.27. The fraction of sp³-hybridized carbons (Fsp3) is 0.571. The lowest BCUT2D eigenvalue weighted by molar-refractivity contribution is -0.131. The van der Waals surface area contributed by atoms with E-state index in [1.165, 1.54) is 5.56 Å². The first kappa shape index (κ1) is 12.6. The first-order valence-electron chi connectivity index (χ1n) is 6.76. The van der Waals surface area contributed by atoms with Crippen molar-refractivity contribution >= 4 is 5.91 Å². The molecular formula is C14H19N3O2. The van der Waals surface area contributed by atoms with Crippen LogP contribution in [0, 0.1) is 6.92 Å². The molecule has 19 heavy (non-hydrogen) atoms. The van der Waals surface area contributed by atoms with Gasteiger partial charge in [0.2, 0.25) is 5.91 Å². The van der Waals surface area contributed by atoms with Gasteiger partial charge >= 0.3 is 0 Å². The van der Waals surface area contributed by atoms with Crippen molar-refractivity contribution in [3.63, 3.8) is 0 Å². The highest BCUT2D eigenvalue weighted by Gasteiger charge is 2.23. The largest absolute Gasteiger partial charge is 0.378 e. The fourth-order valence-electron chi connectivity index (χ4n) is 2.44. The smallest absolute Gasteiger partial charge is 0.236 e. The van der Waals surface area contributed by atoms with Crippen molar-refractivity contribution < 1.29 is 9.53 Å². The highest BCUT2D eigenvalue weighted by molar-refractivity contribution is 5.78. The van der Waals surface area contributed by atoms with Crippen LogP contribution in [0.3, 0.4) is 0 Å². The van der Waals surface area contributed by atoms with Crippen LogP contribution in [0.25, 0.3) is 0 Å². The molecule has 1 fully saturated rings. The Bertz CT molecular complexity index is 486. The van der Waals surface area contributed by atoms with Gasteiger partial charge in [-0.25, -0.2) is 0 Å². The van der Waals surface area contributed by atoms with E-state index in [4.69, 9.17) is 4.74 Å². The van der Waals surface area contributed by atoms with E-state index in [2.05, 4.69) is 16.4 Å². The SMILES string of the molecule is Cc1ccc2c(n1)CCN(C(=O)CNC1COC1)C2. The van der Waals surface area contributed by atoms with Gasteiger partial charge in [-0.2, -0.15) is 0 Å². The molecule has 1 aromatic heterocycles. The summed E-state index contributed by atoms with van der Waals surface area (Å²) < 4.78 is 5.07. The first-order valence-corrected chi connectivity index (χ1v) is 6.76. The number of hydrogen-bond acceptors (Lipinski definition) is 4. The Labute approximate surface area is 113 Å². The summed E-state index contributed by atoms with van der Waals surface area (Å²) in [5.41, 5.74) is 3.37. The van der Waals surface area contributed by atoms with Gasteiger partial charge < -0.3 is 15.0 Å². The summed E-state index contributed by atoms with van der Waals surface area (Å²) in [4.78, 5) is 18.6. The second-order valence-electron chi connectivity index (χ2n) is 5.24. The molecule has 1 amide bonds. The maximum absolute atomic E-state index is 12.1. The van der Waals surface area contributed by atoms with Crippen LogP contribution in [0.4, 0.5) is 0 Å². The van der Waals surface area contributed by atoms with Gasteiger partial charge in [0.05, 0.1) is 25.8 Å². The summed E-state index contributed by atoms with van der Waals surface area (Å²) in [7, 11) is 0. The Kier molecular flexibility index (Phi) is 3.48. The molecule has 1 aromatic rings. The van der Waals surface area contributed by atoms with Crippen molar-refractivity contribution in [2.24, 2.45) is 0 Å². The van der Waals surface area contributed by atoms with Crippen LogP contribution >= 0.6 is 0 Å². The molecule has 5 nitrogen and oxygen atoms in total. The molecule has 0 atom stereocenters. The molecule has 102 valence electrons. The molecule has 0 saturated carbocycles. The Morgan fingerprint density at radius 3 is 3.11 bits per heavy atom. The third kappa shape index (κ3) is 2.77. The van der Waals surface area contributed by atoms with Crippen LogP contribution in [0.15, 0.2) is 12.1 Å². The molecular weight excluding hydrogens is 242 g/mol. The lowest BCUT2D eigenvalue weighted by atomic mass is 10.0. The summed E-state index contributed by atoms with van der Waals surface area (Å²) in [6.45, 7) is 5.30. The third-order valence-corrected chi connectivity index (χ3v) is 3.72. The molecule has 1 saturated heterocycles. The number of amides is 1. The lowest BCUT2D eigenvalue weighted by Crippen LogP contribution is -2.50. The van der Waals surface area contributed by atoms with Gasteiger partial charge in [-0.3, -0.25) is 9.78 Å². The number of pyridine rings is 1. The Morgan fingerprint density at radius 2 is 2.37 bits per heavy atom. The summed E-state index contributed by atoms with van der Waals surface area (Å²) in [5, 5.41) is 3.22. The molecule has 0 spiro atoms. The maximum Gasteiger partial charge on any atom is 0.236 e. The highest BCUT2D eigenvalue weighted by atomic mass is 16.5. The zero-order valence-electron chi connectivity index (χ0n) is 11.2. The number of nitrogens with zero attached hydrogens (tertiary/aromatic N) is 2. The number of fused-ring (bicyclic) bond motifs is 1. The Hall–Kier alpha value is -1.46. The van der Waals surface area contributed by atoms with E-state index in [1.807, 2.05) is 17.9 Å². The molecule has 2 aliphatic heterocycles. The minimum absolute atomic E-state index is 0.165. The molecule has 0 bridgehead atoms. The number of rotatable bonds is 3. The van der Waals surface area contributed by atoms with E-state index in [1.54, 1.807) is 0 Å². The topological polar surface area (TPSA) is 54.5 Å². The molecule has 1 N–H and O–H groups in total. The zero-order chi connectivity index (χ0) is 13.2.